The van der Waals surface area contributed by atoms with Gasteiger partial charge >= 0.3 is 0 Å². The number of nitrogens with zero attached hydrogens (tertiary/aromatic N) is 1. The van der Waals surface area contributed by atoms with Gasteiger partial charge in [0.05, 0.1) is 5.69 Å². The van der Waals surface area contributed by atoms with Crippen molar-refractivity contribution < 1.29 is 9.50 Å². The molecule has 2 N–H and O–H groups in total. The summed E-state index contributed by atoms with van der Waals surface area (Å²) in [5.41, 5.74) is 1.59. The second-order valence-corrected chi connectivity index (χ2v) is 5.04. The third-order valence-electron chi connectivity index (χ3n) is 3.48. The highest BCUT2D eigenvalue weighted by Gasteiger charge is 2.12. The summed E-state index contributed by atoms with van der Waals surface area (Å²) in [6.07, 6.45) is 1.72. The van der Waals surface area contributed by atoms with Crippen molar-refractivity contribution in [2.45, 2.75) is 39.7 Å². The summed E-state index contributed by atoms with van der Waals surface area (Å²) >= 11 is 0. The molecular formula is C16H27FN2O. The number of rotatable bonds is 9. The number of aliphatic hydroxyl groups is 1. The van der Waals surface area contributed by atoms with Gasteiger partial charge in [0.2, 0.25) is 0 Å². The lowest BCUT2D eigenvalue weighted by molar-refractivity contribution is 0.289. The van der Waals surface area contributed by atoms with Crippen molar-refractivity contribution in [1.82, 2.24) is 5.32 Å². The Hall–Kier alpha value is -1.13. The van der Waals surface area contributed by atoms with Gasteiger partial charge in [0, 0.05) is 25.7 Å². The number of benzene rings is 1. The molecular weight excluding hydrogens is 255 g/mol. The molecule has 114 valence electrons. The van der Waals surface area contributed by atoms with Gasteiger partial charge in [0.25, 0.3) is 0 Å². The molecule has 0 saturated carbocycles. The predicted octanol–water partition coefficient (Wildman–Crippen LogP) is 3.10. The summed E-state index contributed by atoms with van der Waals surface area (Å²) in [6.45, 7) is 8.64. The fourth-order valence-corrected chi connectivity index (χ4v) is 2.24. The van der Waals surface area contributed by atoms with Gasteiger partial charge in [-0.05, 0) is 50.9 Å². The Kier molecular flexibility index (Phi) is 7.55. The van der Waals surface area contributed by atoms with Crippen LogP contribution in [-0.4, -0.2) is 31.3 Å². The zero-order chi connectivity index (χ0) is 15.0. The van der Waals surface area contributed by atoms with E-state index in [9.17, 15) is 4.39 Å². The lowest BCUT2D eigenvalue weighted by atomic mass is 10.1. The van der Waals surface area contributed by atoms with Crippen molar-refractivity contribution in [3.8, 4) is 0 Å². The SMILES string of the molecule is CCCNC(C)c1ccc(N(CC)CCCO)c(F)c1. The highest BCUT2D eigenvalue weighted by molar-refractivity contribution is 5.49. The molecule has 0 aliphatic heterocycles. The minimum atomic E-state index is -0.188. The molecule has 0 bridgehead atoms. The number of nitrogens with one attached hydrogen (secondary N) is 1. The highest BCUT2D eigenvalue weighted by atomic mass is 19.1. The van der Waals surface area contributed by atoms with Crippen LogP contribution in [0, 0.1) is 5.82 Å². The van der Waals surface area contributed by atoms with Gasteiger partial charge in [-0.25, -0.2) is 4.39 Å². The normalized spacial score (nSPS) is 12.4. The number of aliphatic hydroxyl groups excluding tert-OH is 1. The van der Waals surface area contributed by atoms with Crippen LogP contribution >= 0.6 is 0 Å². The van der Waals surface area contributed by atoms with E-state index >= 15 is 0 Å². The van der Waals surface area contributed by atoms with Crippen LogP contribution in [0.15, 0.2) is 18.2 Å². The monoisotopic (exact) mass is 282 g/mol. The van der Waals surface area contributed by atoms with Gasteiger partial charge in [0.15, 0.2) is 0 Å². The van der Waals surface area contributed by atoms with Crippen LogP contribution in [0.25, 0.3) is 0 Å². The molecule has 0 aromatic heterocycles. The molecule has 1 rings (SSSR count). The maximum absolute atomic E-state index is 14.3. The van der Waals surface area contributed by atoms with Crippen molar-refractivity contribution in [1.29, 1.82) is 0 Å². The van der Waals surface area contributed by atoms with Crippen LogP contribution in [0.1, 0.15) is 45.2 Å². The first kappa shape index (κ1) is 16.9. The first-order valence-electron chi connectivity index (χ1n) is 7.52. The summed E-state index contributed by atoms with van der Waals surface area (Å²) < 4.78 is 14.3. The lowest BCUT2D eigenvalue weighted by Crippen LogP contribution is -2.26. The number of hydrogen-bond acceptors (Lipinski definition) is 3. The number of hydrogen-bond donors (Lipinski definition) is 2. The van der Waals surface area contributed by atoms with E-state index < -0.39 is 0 Å². The van der Waals surface area contributed by atoms with Crippen LogP contribution in [0.2, 0.25) is 0 Å². The Bertz CT molecular complexity index is 398. The Morgan fingerprint density at radius 1 is 1.35 bits per heavy atom. The van der Waals surface area contributed by atoms with Crippen LogP contribution < -0.4 is 10.2 Å². The van der Waals surface area contributed by atoms with E-state index in [-0.39, 0.29) is 18.5 Å². The predicted molar refractivity (Wildman–Crippen MR) is 82.7 cm³/mol. The summed E-state index contributed by atoms with van der Waals surface area (Å²) in [4.78, 5) is 1.96. The molecule has 3 nitrogen and oxygen atoms in total. The van der Waals surface area contributed by atoms with E-state index in [2.05, 4.69) is 12.2 Å². The number of halogens is 1. The largest absolute Gasteiger partial charge is 0.396 e. The van der Waals surface area contributed by atoms with Crippen LogP contribution in [0.3, 0.4) is 0 Å². The minimum absolute atomic E-state index is 0.133. The Morgan fingerprint density at radius 3 is 2.65 bits per heavy atom. The molecule has 0 aliphatic carbocycles. The van der Waals surface area contributed by atoms with Gasteiger partial charge < -0.3 is 15.3 Å². The molecule has 0 heterocycles. The van der Waals surface area contributed by atoms with Gasteiger partial charge in [-0.15, -0.1) is 0 Å². The van der Waals surface area contributed by atoms with E-state index in [0.717, 1.165) is 25.1 Å². The molecule has 0 spiro atoms. The quantitative estimate of drug-likeness (QED) is 0.730. The second kappa shape index (κ2) is 8.93. The van der Waals surface area contributed by atoms with E-state index in [4.69, 9.17) is 5.11 Å². The summed E-state index contributed by atoms with van der Waals surface area (Å²) in [6, 6.07) is 5.60. The van der Waals surface area contributed by atoms with E-state index in [1.165, 1.54) is 0 Å². The fourth-order valence-electron chi connectivity index (χ4n) is 2.24. The Labute approximate surface area is 121 Å². The van der Waals surface area contributed by atoms with E-state index in [1.54, 1.807) is 6.07 Å². The molecule has 0 aliphatic rings. The number of anilines is 1. The first-order chi connectivity index (χ1) is 9.63. The van der Waals surface area contributed by atoms with Gasteiger partial charge in [-0.3, -0.25) is 0 Å². The Morgan fingerprint density at radius 2 is 2.10 bits per heavy atom. The topological polar surface area (TPSA) is 35.5 Å². The van der Waals surface area contributed by atoms with Crippen LogP contribution in [0.5, 0.6) is 0 Å². The van der Waals surface area contributed by atoms with Crippen molar-refractivity contribution in [2.75, 3.05) is 31.1 Å². The molecule has 1 aromatic carbocycles. The molecule has 0 fully saturated rings. The smallest absolute Gasteiger partial charge is 0.146 e. The standard InChI is InChI=1S/C16H27FN2O/c1-4-9-18-13(3)14-7-8-16(15(17)12-14)19(5-2)10-6-11-20/h7-8,12-13,18,20H,4-6,9-11H2,1-3H3. The average molecular weight is 282 g/mol. The lowest BCUT2D eigenvalue weighted by Gasteiger charge is -2.24. The molecule has 0 amide bonds. The highest BCUT2D eigenvalue weighted by Crippen LogP contribution is 2.23. The molecule has 1 atom stereocenters. The summed E-state index contributed by atoms with van der Waals surface area (Å²) in [5, 5.41) is 12.3. The molecule has 20 heavy (non-hydrogen) atoms. The molecule has 4 heteroatoms. The van der Waals surface area contributed by atoms with Gasteiger partial charge in [0.1, 0.15) is 5.82 Å². The third-order valence-corrected chi connectivity index (χ3v) is 3.48. The average Bonchev–Trinajstić information content (AvgIpc) is 2.46. The molecule has 1 unspecified atom stereocenters. The van der Waals surface area contributed by atoms with Crippen molar-refractivity contribution in [2.24, 2.45) is 0 Å². The van der Waals surface area contributed by atoms with Crippen molar-refractivity contribution in [3.63, 3.8) is 0 Å². The molecule has 0 saturated heterocycles. The van der Waals surface area contributed by atoms with Gasteiger partial charge in [-0.2, -0.15) is 0 Å². The second-order valence-electron chi connectivity index (χ2n) is 5.04. The first-order valence-corrected chi connectivity index (χ1v) is 7.52. The van der Waals surface area contributed by atoms with Crippen LogP contribution in [-0.2, 0) is 0 Å². The Balaban J connectivity index is 2.80. The van der Waals surface area contributed by atoms with Crippen LogP contribution in [0.4, 0.5) is 10.1 Å². The zero-order valence-corrected chi connectivity index (χ0v) is 12.8. The summed E-state index contributed by atoms with van der Waals surface area (Å²) in [5.74, 6) is -0.188. The fraction of sp³-hybridized carbons (Fsp3) is 0.625. The third kappa shape index (κ3) is 4.76. The van der Waals surface area contributed by atoms with Crippen molar-refractivity contribution >= 4 is 5.69 Å². The van der Waals surface area contributed by atoms with E-state index in [0.29, 0.717) is 18.7 Å². The molecule has 0 radical (unpaired) electrons. The summed E-state index contributed by atoms with van der Waals surface area (Å²) in [7, 11) is 0. The zero-order valence-electron chi connectivity index (χ0n) is 12.8. The maximum atomic E-state index is 14.3. The van der Waals surface area contributed by atoms with E-state index in [1.807, 2.05) is 30.9 Å². The van der Waals surface area contributed by atoms with Gasteiger partial charge in [-0.1, -0.05) is 13.0 Å². The van der Waals surface area contributed by atoms with Crippen molar-refractivity contribution in [3.05, 3.63) is 29.6 Å². The molecule has 1 aromatic rings. The minimum Gasteiger partial charge on any atom is -0.396 e. The maximum Gasteiger partial charge on any atom is 0.146 e.